The van der Waals surface area contributed by atoms with E-state index < -0.39 is 0 Å². The second-order valence-electron chi connectivity index (χ2n) is 9.27. The third-order valence-corrected chi connectivity index (χ3v) is 8.33. The third kappa shape index (κ3) is 17.6. The number of aliphatic hydroxyl groups excluding tert-OH is 1. The Kier molecular flexibility index (Phi) is 19.6. The van der Waals surface area contributed by atoms with E-state index >= 15 is 0 Å². The topological polar surface area (TPSA) is 78.8 Å². The first-order valence-electron chi connectivity index (χ1n) is 13.6. The Morgan fingerprint density at radius 3 is 2.54 bits per heavy atom. The van der Waals surface area contributed by atoms with Crippen LogP contribution in [-0.2, 0) is 11.3 Å². The fraction of sp³-hybridized carbons (Fsp3) is 0.690. The van der Waals surface area contributed by atoms with Crippen molar-refractivity contribution < 1.29 is 19.7 Å². The summed E-state index contributed by atoms with van der Waals surface area (Å²) in [5.74, 6) is 0.629. The monoisotopic (exact) mass is 555 g/mol. The quantitative estimate of drug-likeness (QED) is 0.0823. The van der Waals surface area contributed by atoms with Crippen molar-refractivity contribution in [2.75, 3.05) is 7.11 Å². The maximum atomic E-state index is 12.0. The number of hydrogen-bond acceptors (Lipinski definition) is 4. The summed E-state index contributed by atoms with van der Waals surface area (Å²) in [5, 5.41) is 24.8. The Hall–Kier alpha value is -1.49. The first kappa shape index (κ1) is 31.5. The summed E-state index contributed by atoms with van der Waals surface area (Å²) in [4.78, 5) is 12.0. The van der Waals surface area contributed by atoms with Crippen LogP contribution in [0.1, 0.15) is 102 Å². The average Bonchev–Trinajstić information content (AvgIpc) is 2.86. The first-order chi connectivity index (χ1) is 17.1. The number of unbranched alkanes of at least 4 members (excludes halogenated alkanes) is 9. The zero-order chi connectivity index (χ0) is 25.6. The van der Waals surface area contributed by atoms with Gasteiger partial charge in [-0.2, -0.15) is 0 Å². The number of ether oxygens (including phenoxy) is 1. The van der Waals surface area contributed by atoms with Gasteiger partial charge in [0, 0.05) is 0 Å². The van der Waals surface area contributed by atoms with Crippen molar-refractivity contribution >= 4 is 20.9 Å². The van der Waals surface area contributed by atoms with Crippen LogP contribution in [0.3, 0.4) is 0 Å². The molecule has 1 rings (SSSR count). The Bertz CT molecular complexity index is 695. The standard InChI is InChI=1S/C29H49NO4Se/c1-3-4-5-13-16-26(31)17-14-11-9-7-6-8-10-12-15-21-35-22-20-29(33)30-24-25-18-19-27(32)28(23-25)34-2/h11,14,18-19,23,26,31-32H,3-10,12-13,15-17,20-22,24H2,1-2H3,(H,30,33)/b14-11-/t26-/m1/s1. The van der Waals surface area contributed by atoms with Gasteiger partial charge in [0.1, 0.15) is 0 Å². The summed E-state index contributed by atoms with van der Waals surface area (Å²) < 4.78 is 5.10. The number of phenols is 1. The van der Waals surface area contributed by atoms with Crippen molar-refractivity contribution in [3.05, 3.63) is 35.9 Å². The molecular formula is C29H49NO4Se. The maximum absolute atomic E-state index is 12.0. The van der Waals surface area contributed by atoms with Crippen LogP contribution in [0.2, 0.25) is 10.6 Å². The van der Waals surface area contributed by atoms with Gasteiger partial charge in [-0.1, -0.05) is 32.6 Å². The number of aromatic hydroxyl groups is 1. The fourth-order valence-electron chi connectivity index (χ4n) is 3.86. The molecule has 35 heavy (non-hydrogen) atoms. The van der Waals surface area contributed by atoms with Crippen LogP contribution >= 0.6 is 0 Å². The van der Waals surface area contributed by atoms with Crippen molar-refractivity contribution in [1.82, 2.24) is 5.32 Å². The summed E-state index contributed by atoms with van der Waals surface area (Å²) in [7, 11) is 1.52. The van der Waals surface area contributed by atoms with Crippen LogP contribution in [-0.4, -0.2) is 44.3 Å². The van der Waals surface area contributed by atoms with Gasteiger partial charge in [-0.05, 0) is 6.42 Å². The summed E-state index contributed by atoms with van der Waals surface area (Å²) in [6.45, 7) is 2.67. The molecule has 0 aromatic heterocycles. The molecule has 0 aliphatic rings. The van der Waals surface area contributed by atoms with Gasteiger partial charge in [0.05, 0.1) is 0 Å². The molecule has 6 heteroatoms. The average molecular weight is 555 g/mol. The Labute approximate surface area is 220 Å². The van der Waals surface area contributed by atoms with E-state index in [0.717, 1.165) is 36.6 Å². The Morgan fingerprint density at radius 1 is 1.03 bits per heavy atom. The number of hydrogen-bond donors (Lipinski definition) is 3. The molecular weight excluding hydrogens is 505 g/mol. The molecule has 0 unspecified atom stereocenters. The van der Waals surface area contributed by atoms with Crippen LogP contribution < -0.4 is 10.1 Å². The van der Waals surface area contributed by atoms with Gasteiger partial charge in [-0.3, -0.25) is 0 Å². The molecule has 0 aliphatic heterocycles. The van der Waals surface area contributed by atoms with E-state index in [1.807, 2.05) is 0 Å². The fourth-order valence-corrected chi connectivity index (χ4v) is 5.83. The number of nitrogens with one attached hydrogen (secondary N) is 1. The molecule has 200 valence electrons. The molecule has 0 bridgehead atoms. The van der Waals surface area contributed by atoms with E-state index in [2.05, 4.69) is 24.4 Å². The number of amides is 1. The number of rotatable bonds is 22. The minimum absolute atomic E-state index is 0.0921. The van der Waals surface area contributed by atoms with Crippen LogP contribution in [0.15, 0.2) is 30.4 Å². The number of aliphatic hydroxyl groups is 1. The molecule has 0 saturated carbocycles. The van der Waals surface area contributed by atoms with Gasteiger partial charge in [0.15, 0.2) is 0 Å². The second kappa shape index (κ2) is 21.8. The van der Waals surface area contributed by atoms with Gasteiger partial charge < -0.3 is 5.11 Å². The Balaban J connectivity index is 1.87. The van der Waals surface area contributed by atoms with Gasteiger partial charge >= 0.3 is 176 Å². The molecule has 1 aromatic carbocycles. The summed E-state index contributed by atoms with van der Waals surface area (Å²) >= 11 is 0.546. The van der Waals surface area contributed by atoms with E-state index in [9.17, 15) is 15.0 Å². The molecule has 1 atom stereocenters. The van der Waals surface area contributed by atoms with Gasteiger partial charge in [0.25, 0.3) is 0 Å². The number of carbonyl (C=O) groups is 1. The number of methoxy groups -OCH3 is 1. The number of phenolic OH excluding ortho intramolecular Hbond substituents is 1. The Morgan fingerprint density at radius 2 is 1.77 bits per heavy atom. The van der Waals surface area contributed by atoms with Gasteiger partial charge in [-0.25, -0.2) is 0 Å². The van der Waals surface area contributed by atoms with Crippen LogP contribution in [0.25, 0.3) is 0 Å². The molecule has 0 fully saturated rings. The van der Waals surface area contributed by atoms with E-state index in [1.54, 1.807) is 18.2 Å². The summed E-state index contributed by atoms with van der Waals surface area (Å²) in [6.07, 6.45) is 20.4. The van der Waals surface area contributed by atoms with Crippen LogP contribution in [0.4, 0.5) is 0 Å². The van der Waals surface area contributed by atoms with Crippen molar-refractivity contribution in [2.24, 2.45) is 0 Å². The summed E-state index contributed by atoms with van der Waals surface area (Å²) in [5.41, 5.74) is 0.918. The van der Waals surface area contributed by atoms with Crippen molar-refractivity contribution in [2.45, 2.75) is 120 Å². The predicted octanol–water partition coefficient (Wildman–Crippen LogP) is 6.96. The van der Waals surface area contributed by atoms with Gasteiger partial charge in [-0.15, -0.1) is 0 Å². The molecule has 0 heterocycles. The normalized spacial score (nSPS) is 12.2. The van der Waals surface area contributed by atoms with Crippen molar-refractivity contribution in [3.8, 4) is 11.5 Å². The molecule has 1 amide bonds. The van der Waals surface area contributed by atoms with E-state index in [4.69, 9.17) is 4.74 Å². The molecule has 0 aliphatic carbocycles. The number of carbonyl (C=O) groups excluding carboxylic acids is 1. The first-order valence-corrected chi connectivity index (χ1v) is 16.0. The predicted molar refractivity (Wildman–Crippen MR) is 147 cm³/mol. The molecule has 5 nitrogen and oxygen atoms in total. The molecule has 0 saturated heterocycles. The van der Waals surface area contributed by atoms with E-state index in [-0.39, 0.29) is 17.8 Å². The molecule has 0 radical (unpaired) electrons. The molecule has 0 spiro atoms. The van der Waals surface area contributed by atoms with Crippen molar-refractivity contribution in [3.63, 3.8) is 0 Å². The zero-order valence-corrected chi connectivity index (χ0v) is 23.8. The number of allylic oxidation sites excluding steroid dienone is 1. The summed E-state index contributed by atoms with van der Waals surface area (Å²) in [6, 6.07) is 5.13. The van der Waals surface area contributed by atoms with Crippen LogP contribution in [0, 0.1) is 0 Å². The molecule has 1 aromatic rings. The third-order valence-electron chi connectivity index (χ3n) is 6.08. The zero-order valence-electron chi connectivity index (χ0n) is 22.1. The van der Waals surface area contributed by atoms with Gasteiger partial charge in [0.2, 0.25) is 0 Å². The van der Waals surface area contributed by atoms with E-state index in [1.165, 1.54) is 70.2 Å². The molecule has 3 N–H and O–H groups in total. The van der Waals surface area contributed by atoms with E-state index in [0.29, 0.717) is 33.7 Å². The minimum atomic E-state index is -0.158. The number of benzene rings is 1. The van der Waals surface area contributed by atoms with Crippen LogP contribution in [0.5, 0.6) is 11.5 Å². The SMILES string of the molecule is CCCCCC[C@@H](O)C/C=C\CCCCCCCC[Se]CCC(=O)NCc1ccc(O)c(OC)c1. The second-order valence-corrected chi connectivity index (χ2v) is 11.8. The van der Waals surface area contributed by atoms with Crippen molar-refractivity contribution in [1.29, 1.82) is 0 Å².